The van der Waals surface area contributed by atoms with Crippen LogP contribution in [0, 0.1) is 12.7 Å². The molecule has 2 aromatic rings. The molecule has 0 saturated heterocycles. The van der Waals surface area contributed by atoms with Crippen molar-refractivity contribution in [2.75, 3.05) is 6.54 Å². The van der Waals surface area contributed by atoms with Crippen molar-refractivity contribution in [1.82, 2.24) is 15.1 Å². The van der Waals surface area contributed by atoms with E-state index in [9.17, 15) is 4.39 Å². The van der Waals surface area contributed by atoms with Gasteiger partial charge in [-0.3, -0.25) is 4.68 Å². The van der Waals surface area contributed by atoms with Crippen LogP contribution in [0.5, 0.6) is 0 Å². The van der Waals surface area contributed by atoms with Crippen molar-refractivity contribution < 1.29 is 4.39 Å². The van der Waals surface area contributed by atoms with Crippen LogP contribution in [0.15, 0.2) is 28.9 Å². The van der Waals surface area contributed by atoms with Crippen LogP contribution in [0.25, 0.3) is 0 Å². The van der Waals surface area contributed by atoms with E-state index in [4.69, 9.17) is 0 Å². The van der Waals surface area contributed by atoms with Crippen molar-refractivity contribution in [3.05, 3.63) is 51.5 Å². The van der Waals surface area contributed by atoms with E-state index >= 15 is 0 Å². The third kappa shape index (κ3) is 3.42. The molecule has 0 saturated carbocycles. The zero-order valence-corrected chi connectivity index (χ0v) is 12.7. The Labute approximate surface area is 121 Å². The molecule has 0 unspecified atom stereocenters. The highest BCUT2D eigenvalue weighted by atomic mass is 79.9. The minimum Gasteiger partial charge on any atom is -0.313 e. The van der Waals surface area contributed by atoms with E-state index in [1.54, 1.807) is 6.07 Å². The lowest BCUT2D eigenvalue weighted by Crippen LogP contribution is -2.13. The molecule has 1 heterocycles. The first kappa shape index (κ1) is 14.2. The number of aromatic nitrogens is 2. The van der Waals surface area contributed by atoms with Crippen molar-refractivity contribution >= 4 is 15.9 Å². The van der Waals surface area contributed by atoms with E-state index in [-0.39, 0.29) is 5.82 Å². The topological polar surface area (TPSA) is 29.9 Å². The van der Waals surface area contributed by atoms with Gasteiger partial charge in [-0.1, -0.05) is 28.9 Å². The van der Waals surface area contributed by atoms with E-state index < -0.39 is 0 Å². The highest BCUT2D eigenvalue weighted by Crippen LogP contribution is 2.17. The lowest BCUT2D eigenvalue weighted by Gasteiger charge is -2.07. The molecule has 3 nitrogen and oxygen atoms in total. The van der Waals surface area contributed by atoms with Crippen LogP contribution >= 0.6 is 15.9 Å². The average Bonchev–Trinajstić information content (AvgIpc) is 2.72. The number of nitrogens with zero attached hydrogens (tertiary/aromatic N) is 2. The zero-order chi connectivity index (χ0) is 13.8. The number of hydrogen-bond acceptors (Lipinski definition) is 2. The van der Waals surface area contributed by atoms with Crippen molar-refractivity contribution in [2.45, 2.75) is 26.9 Å². The number of nitrogens with one attached hydrogen (secondary N) is 1. The molecule has 0 atom stereocenters. The summed E-state index contributed by atoms with van der Waals surface area (Å²) in [6, 6.07) is 5.11. The van der Waals surface area contributed by atoms with Gasteiger partial charge in [-0.15, -0.1) is 0 Å². The second kappa shape index (κ2) is 6.30. The monoisotopic (exact) mass is 325 g/mol. The Morgan fingerprint density at radius 2 is 2.16 bits per heavy atom. The molecule has 0 spiro atoms. The Hall–Kier alpha value is -1.20. The van der Waals surface area contributed by atoms with Gasteiger partial charge >= 0.3 is 0 Å². The Bertz CT molecular complexity index is 566. The number of halogens is 2. The third-order valence-electron chi connectivity index (χ3n) is 3.11. The molecule has 19 heavy (non-hydrogen) atoms. The number of hydrogen-bond donors (Lipinski definition) is 1. The largest absolute Gasteiger partial charge is 0.313 e. The number of rotatable bonds is 5. The molecule has 0 fully saturated rings. The summed E-state index contributed by atoms with van der Waals surface area (Å²) in [6.45, 7) is 6.25. The molecule has 1 N–H and O–H groups in total. The first-order valence-electron chi connectivity index (χ1n) is 6.27. The van der Waals surface area contributed by atoms with Gasteiger partial charge in [-0.25, -0.2) is 4.39 Å². The summed E-state index contributed by atoms with van der Waals surface area (Å²) in [5, 5.41) is 7.59. The molecular weight excluding hydrogens is 309 g/mol. The van der Waals surface area contributed by atoms with Crippen LogP contribution in [0.4, 0.5) is 4.39 Å². The molecule has 0 aliphatic rings. The van der Waals surface area contributed by atoms with E-state index in [0.29, 0.717) is 12.1 Å². The fourth-order valence-electron chi connectivity index (χ4n) is 1.89. The molecule has 102 valence electrons. The molecule has 1 aromatic carbocycles. The second-order valence-corrected chi connectivity index (χ2v) is 5.34. The molecule has 2 rings (SSSR count). The zero-order valence-electron chi connectivity index (χ0n) is 11.1. The summed E-state index contributed by atoms with van der Waals surface area (Å²) in [5.41, 5.74) is 2.87. The quantitative estimate of drug-likeness (QED) is 0.914. The molecular formula is C14H17BrFN3. The molecule has 5 heteroatoms. The van der Waals surface area contributed by atoms with Gasteiger partial charge in [-0.05, 0) is 25.6 Å². The molecule has 0 aliphatic heterocycles. The SMILES string of the molecule is CCNCc1cnn(Cc2ccc(Br)cc2F)c1C. The van der Waals surface area contributed by atoms with E-state index in [2.05, 4.69) is 33.3 Å². The van der Waals surface area contributed by atoms with Gasteiger partial charge in [0.1, 0.15) is 5.82 Å². The normalized spacial score (nSPS) is 10.9. The van der Waals surface area contributed by atoms with Crippen molar-refractivity contribution in [1.29, 1.82) is 0 Å². The summed E-state index contributed by atoms with van der Waals surface area (Å²) >= 11 is 3.26. The Kier molecular flexibility index (Phi) is 4.71. The summed E-state index contributed by atoms with van der Waals surface area (Å²) in [6.07, 6.45) is 1.84. The predicted molar refractivity (Wildman–Crippen MR) is 77.5 cm³/mol. The summed E-state index contributed by atoms with van der Waals surface area (Å²) in [7, 11) is 0. The maximum absolute atomic E-state index is 13.8. The van der Waals surface area contributed by atoms with Gasteiger partial charge in [0.05, 0.1) is 12.7 Å². The molecule has 0 radical (unpaired) electrons. The van der Waals surface area contributed by atoms with E-state index in [0.717, 1.165) is 28.8 Å². The Morgan fingerprint density at radius 1 is 1.37 bits per heavy atom. The standard InChI is InChI=1S/C14H17BrFN3/c1-3-17-7-12-8-18-19(10(12)2)9-11-4-5-13(15)6-14(11)16/h4-6,8,17H,3,7,9H2,1-2H3. The maximum atomic E-state index is 13.8. The minimum absolute atomic E-state index is 0.211. The van der Waals surface area contributed by atoms with Crippen LogP contribution in [0.2, 0.25) is 0 Å². The third-order valence-corrected chi connectivity index (χ3v) is 3.60. The van der Waals surface area contributed by atoms with Crippen LogP contribution in [-0.4, -0.2) is 16.3 Å². The van der Waals surface area contributed by atoms with Crippen molar-refractivity contribution in [3.63, 3.8) is 0 Å². The first-order valence-corrected chi connectivity index (χ1v) is 7.07. The summed E-state index contributed by atoms with van der Waals surface area (Å²) < 4.78 is 16.4. The van der Waals surface area contributed by atoms with Gasteiger partial charge in [0.25, 0.3) is 0 Å². The highest BCUT2D eigenvalue weighted by molar-refractivity contribution is 9.10. The van der Waals surface area contributed by atoms with Crippen LogP contribution in [0.3, 0.4) is 0 Å². The van der Waals surface area contributed by atoms with Crippen molar-refractivity contribution in [3.8, 4) is 0 Å². The molecule has 0 aliphatic carbocycles. The first-order chi connectivity index (χ1) is 9.11. The average molecular weight is 326 g/mol. The summed E-state index contributed by atoms with van der Waals surface area (Å²) in [5.74, 6) is -0.211. The predicted octanol–water partition coefficient (Wildman–Crippen LogP) is 3.25. The maximum Gasteiger partial charge on any atom is 0.129 e. The Balaban J connectivity index is 2.17. The van der Waals surface area contributed by atoms with Gasteiger partial charge in [0.2, 0.25) is 0 Å². The van der Waals surface area contributed by atoms with Crippen molar-refractivity contribution in [2.24, 2.45) is 0 Å². The lowest BCUT2D eigenvalue weighted by molar-refractivity contribution is 0.578. The Morgan fingerprint density at radius 3 is 2.84 bits per heavy atom. The smallest absolute Gasteiger partial charge is 0.129 e. The van der Waals surface area contributed by atoms with Crippen LogP contribution < -0.4 is 5.32 Å². The second-order valence-electron chi connectivity index (χ2n) is 4.43. The molecule has 0 bridgehead atoms. The van der Waals surface area contributed by atoms with Crippen LogP contribution in [-0.2, 0) is 13.1 Å². The van der Waals surface area contributed by atoms with E-state index in [1.165, 1.54) is 6.07 Å². The van der Waals surface area contributed by atoms with Gasteiger partial charge in [0, 0.05) is 27.8 Å². The van der Waals surface area contributed by atoms with Gasteiger partial charge in [0.15, 0.2) is 0 Å². The fraction of sp³-hybridized carbons (Fsp3) is 0.357. The lowest BCUT2D eigenvalue weighted by atomic mass is 10.2. The molecule has 1 aromatic heterocycles. The van der Waals surface area contributed by atoms with E-state index in [1.807, 2.05) is 23.9 Å². The van der Waals surface area contributed by atoms with Gasteiger partial charge in [-0.2, -0.15) is 5.10 Å². The fourth-order valence-corrected chi connectivity index (χ4v) is 2.22. The highest BCUT2D eigenvalue weighted by Gasteiger charge is 2.09. The minimum atomic E-state index is -0.211. The summed E-state index contributed by atoms with van der Waals surface area (Å²) in [4.78, 5) is 0. The number of benzene rings is 1. The van der Waals surface area contributed by atoms with Crippen LogP contribution in [0.1, 0.15) is 23.7 Å². The van der Waals surface area contributed by atoms with Gasteiger partial charge < -0.3 is 5.32 Å². The molecule has 0 amide bonds.